The van der Waals surface area contributed by atoms with E-state index in [1.165, 1.54) is 12.8 Å². The van der Waals surface area contributed by atoms with Crippen molar-refractivity contribution in [3.63, 3.8) is 0 Å². The molecule has 1 aromatic carbocycles. The van der Waals surface area contributed by atoms with Crippen LogP contribution in [0.25, 0.3) is 11.1 Å². The summed E-state index contributed by atoms with van der Waals surface area (Å²) in [6, 6.07) is 9.63. The number of nitrogens with one attached hydrogen (secondary N) is 1. The average Bonchev–Trinajstić information content (AvgIpc) is 3.13. The molecule has 0 spiro atoms. The average molecular weight is 385 g/mol. The molecule has 26 heavy (non-hydrogen) atoms. The van der Waals surface area contributed by atoms with Crippen LogP contribution in [0.2, 0.25) is 5.02 Å². The summed E-state index contributed by atoms with van der Waals surface area (Å²) < 4.78 is 11.9. The third-order valence-electron chi connectivity index (χ3n) is 6.04. The monoisotopic (exact) mass is 384 g/mol. The molecule has 6 heteroatoms. The van der Waals surface area contributed by atoms with Gasteiger partial charge in [0.25, 0.3) is 0 Å². The predicted molar refractivity (Wildman–Crippen MR) is 103 cm³/mol. The van der Waals surface area contributed by atoms with Crippen LogP contribution in [0.3, 0.4) is 0 Å². The molecule has 0 aliphatic heterocycles. The molecule has 0 unspecified atom stereocenters. The summed E-state index contributed by atoms with van der Waals surface area (Å²) in [4.78, 5) is 5.39. The van der Waals surface area contributed by atoms with E-state index in [9.17, 15) is 0 Å². The molecule has 132 valence electrons. The van der Waals surface area contributed by atoms with Crippen LogP contribution in [-0.2, 0) is 5.41 Å². The van der Waals surface area contributed by atoms with E-state index in [1.807, 2.05) is 24.3 Å². The van der Waals surface area contributed by atoms with Crippen LogP contribution in [0.4, 0.5) is 0 Å². The first-order valence-electron chi connectivity index (χ1n) is 9.03. The maximum Gasteiger partial charge on any atom is 0.201 e. The van der Waals surface area contributed by atoms with Gasteiger partial charge in [0, 0.05) is 16.5 Å². The molecule has 4 saturated carbocycles. The standard InChI is InChI=1S/C20H17ClN2O2S/c21-12-3-4-15-13(7-12)22-18(25-15)19-8-20(9-19,10-19)23-17(26)16-6-5-14(24-16)11-1-2-11/h3-7,11H,1-2,8-10H2,(H,23,26). The highest BCUT2D eigenvalue weighted by molar-refractivity contribution is 7.80. The minimum atomic E-state index is 0.0520. The van der Waals surface area contributed by atoms with E-state index in [0.29, 0.717) is 10.9 Å². The zero-order valence-electron chi connectivity index (χ0n) is 14.0. The summed E-state index contributed by atoms with van der Waals surface area (Å²) in [5.41, 5.74) is 1.76. The molecule has 0 saturated heterocycles. The van der Waals surface area contributed by atoms with E-state index < -0.39 is 0 Å². The molecular formula is C20H17ClN2O2S. The lowest BCUT2D eigenvalue weighted by atomic mass is 9.39. The van der Waals surface area contributed by atoms with Crippen molar-refractivity contribution in [3.05, 3.63) is 52.8 Å². The Hall–Kier alpha value is -1.85. The number of oxazole rings is 1. The van der Waals surface area contributed by atoms with Crippen molar-refractivity contribution in [1.82, 2.24) is 10.3 Å². The van der Waals surface area contributed by atoms with E-state index in [1.54, 1.807) is 0 Å². The lowest BCUT2D eigenvalue weighted by Crippen LogP contribution is -2.76. The lowest BCUT2D eigenvalue weighted by molar-refractivity contribution is -0.0900. The quantitative estimate of drug-likeness (QED) is 0.635. The summed E-state index contributed by atoms with van der Waals surface area (Å²) in [5.74, 6) is 3.30. The molecule has 0 amide bonds. The van der Waals surface area contributed by atoms with Gasteiger partial charge in [0.15, 0.2) is 11.3 Å². The molecule has 4 nitrogen and oxygen atoms in total. The molecule has 2 aromatic heterocycles. The SMILES string of the molecule is S=C(NC12CC(c3nc4cc(Cl)ccc4o3)(C1)C2)c1ccc(C2CC2)o1. The number of hydrogen-bond acceptors (Lipinski definition) is 4. The minimum Gasteiger partial charge on any atom is -0.458 e. The summed E-state index contributed by atoms with van der Waals surface area (Å²) in [7, 11) is 0. The van der Waals surface area contributed by atoms with Crippen molar-refractivity contribution < 1.29 is 8.83 Å². The van der Waals surface area contributed by atoms with Crippen molar-refractivity contribution in [2.24, 2.45) is 0 Å². The highest BCUT2D eigenvalue weighted by atomic mass is 35.5. The van der Waals surface area contributed by atoms with Crippen LogP contribution < -0.4 is 5.32 Å². The van der Waals surface area contributed by atoms with Crippen LogP contribution in [-0.4, -0.2) is 15.5 Å². The zero-order chi connectivity index (χ0) is 17.5. The van der Waals surface area contributed by atoms with Crippen LogP contribution >= 0.6 is 23.8 Å². The van der Waals surface area contributed by atoms with Gasteiger partial charge in [-0.3, -0.25) is 0 Å². The molecule has 3 aromatic rings. The summed E-state index contributed by atoms with van der Waals surface area (Å²) >= 11 is 11.6. The number of nitrogens with zero attached hydrogens (tertiary/aromatic N) is 1. The summed E-state index contributed by atoms with van der Waals surface area (Å²) in [5, 5.41) is 4.22. The third-order valence-corrected chi connectivity index (χ3v) is 6.58. The van der Waals surface area contributed by atoms with Crippen LogP contribution in [0, 0.1) is 0 Å². The molecular weight excluding hydrogens is 368 g/mol. The minimum absolute atomic E-state index is 0.0520. The smallest absolute Gasteiger partial charge is 0.201 e. The van der Waals surface area contributed by atoms with Gasteiger partial charge >= 0.3 is 0 Å². The van der Waals surface area contributed by atoms with Crippen LogP contribution in [0.1, 0.15) is 55.4 Å². The van der Waals surface area contributed by atoms with Gasteiger partial charge in [-0.2, -0.15) is 0 Å². The zero-order valence-corrected chi connectivity index (χ0v) is 15.6. The topological polar surface area (TPSA) is 51.2 Å². The molecule has 0 radical (unpaired) electrons. The van der Waals surface area contributed by atoms with E-state index >= 15 is 0 Å². The fraction of sp³-hybridized carbons (Fsp3) is 0.400. The first-order valence-corrected chi connectivity index (χ1v) is 9.82. The molecule has 1 N–H and O–H groups in total. The first kappa shape index (κ1) is 15.2. The van der Waals surface area contributed by atoms with E-state index in [-0.39, 0.29) is 11.0 Å². The van der Waals surface area contributed by atoms with Gasteiger partial charge in [-0.05, 0) is 62.4 Å². The number of fused-ring (bicyclic) bond motifs is 1. The lowest BCUT2D eigenvalue weighted by Gasteiger charge is -2.69. The van der Waals surface area contributed by atoms with Crippen molar-refractivity contribution in [3.8, 4) is 0 Å². The number of halogens is 1. The Morgan fingerprint density at radius 2 is 1.96 bits per heavy atom. The molecule has 2 heterocycles. The fourth-order valence-corrected chi connectivity index (χ4v) is 5.13. The largest absolute Gasteiger partial charge is 0.458 e. The Morgan fingerprint density at radius 3 is 2.73 bits per heavy atom. The molecule has 0 atom stereocenters. The third kappa shape index (κ3) is 2.13. The van der Waals surface area contributed by atoms with Gasteiger partial charge in [-0.15, -0.1) is 0 Å². The van der Waals surface area contributed by atoms with E-state index in [2.05, 4.69) is 16.4 Å². The van der Waals surface area contributed by atoms with Gasteiger partial charge < -0.3 is 14.2 Å². The van der Waals surface area contributed by atoms with Gasteiger partial charge in [0.2, 0.25) is 5.89 Å². The van der Waals surface area contributed by atoms with Gasteiger partial charge in [0.05, 0.1) is 5.41 Å². The second-order valence-corrected chi connectivity index (χ2v) is 9.00. The van der Waals surface area contributed by atoms with Crippen LogP contribution in [0.5, 0.6) is 0 Å². The fourth-order valence-electron chi connectivity index (χ4n) is 4.64. The van der Waals surface area contributed by atoms with Crippen molar-refractivity contribution in [2.45, 2.75) is 49.0 Å². The Balaban J connectivity index is 1.17. The van der Waals surface area contributed by atoms with E-state index in [0.717, 1.165) is 52.8 Å². The summed E-state index contributed by atoms with van der Waals surface area (Å²) in [6.45, 7) is 0. The van der Waals surface area contributed by atoms with Gasteiger partial charge in [0.1, 0.15) is 16.3 Å². The van der Waals surface area contributed by atoms with Gasteiger partial charge in [-0.1, -0.05) is 23.8 Å². The summed E-state index contributed by atoms with van der Waals surface area (Å²) in [6.07, 6.45) is 5.45. The second-order valence-electron chi connectivity index (χ2n) is 8.15. The number of thiocarbonyl (C=S) groups is 1. The number of rotatable bonds is 4. The van der Waals surface area contributed by atoms with Gasteiger partial charge in [-0.25, -0.2) is 4.98 Å². The maximum atomic E-state index is 6.05. The number of hydrogen-bond donors (Lipinski definition) is 1. The Labute approximate surface area is 160 Å². The van der Waals surface area contributed by atoms with E-state index in [4.69, 9.17) is 32.7 Å². The first-order chi connectivity index (χ1) is 12.5. The Morgan fingerprint density at radius 1 is 1.15 bits per heavy atom. The second kappa shape index (κ2) is 4.90. The van der Waals surface area contributed by atoms with Crippen molar-refractivity contribution >= 4 is 39.9 Å². The van der Waals surface area contributed by atoms with Crippen LogP contribution in [0.15, 0.2) is 39.2 Å². The molecule has 4 aliphatic rings. The number of aromatic nitrogens is 1. The Bertz CT molecular complexity index is 1050. The Kier molecular flexibility index (Phi) is 2.87. The molecule has 2 bridgehead atoms. The molecule has 4 aliphatic carbocycles. The molecule has 4 fully saturated rings. The maximum absolute atomic E-state index is 6.05. The highest BCUT2D eigenvalue weighted by Crippen LogP contribution is 2.67. The molecule has 7 rings (SSSR count). The number of furan rings is 1. The van der Waals surface area contributed by atoms with Crippen molar-refractivity contribution in [2.75, 3.05) is 0 Å². The predicted octanol–water partition coefficient (Wildman–Crippen LogP) is 5.09. The number of benzene rings is 1. The highest BCUT2D eigenvalue weighted by Gasteiger charge is 2.71. The van der Waals surface area contributed by atoms with Crippen molar-refractivity contribution in [1.29, 1.82) is 0 Å². The normalized spacial score (nSPS) is 29.3.